The van der Waals surface area contributed by atoms with Crippen LogP contribution in [0.2, 0.25) is 0 Å². The van der Waals surface area contributed by atoms with Gasteiger partial charge in [-0.05, 0) is 30.9 Å². The quantitative estimate of drug-likeness (QED) is 0.814. The number of halogens is 1. The van der Waals surface area contributed by atoms with Crippen LogP contribution < -0.4 is 10.5 Å². The number of hydrogen-bond donors (Lipinski definition) is 2. The number of rotatable bonds is 6. The number of nitrogens with zero attached hydrogens (tertiary/aromatic N) is 3. The van der Waals surface area contributed by atoms with Gasteiger partial charge in [0.05, 0.1) is 24.3 Å². The molecule has 0 aliphatic carbocycles. The van der Waals surface area contributed by atoms with E-state index in [9.17, 15) is 9.50 Å². The van der Waals surface area contributed by atoms with Crippen LogP contribution in [-0.4, -0.2) is 59.9 Å². The second-order valence-electron chi connectivity index (χ2n) is 6.25. The Balaban J connectivity index is 1.79. The van der Waals surface area contributed by atoms with Gasteiger partial charge in [-0.15, -0.1) is 0 Å². The second kappa shape index (κ2) is 7.38. The number of fused-ring (bicyclic) bond motifs is 1. The first kappa shape index (κ1) is 17.0. The maximum atomic E-state index is 14.3. The molecule has 6 nitrogen and oxygen atoms in total. The van der Waals surface area contributed by atoms with Crippen molar-refractivity contribution in [3.05, 3.63) is 29.7 Å². The predicted octanol–water partition coefficient (Wildman–Crippen LogP) is 0.819. The van der Waals surface area contributed by atoms with Gasteiger partial charge in [-0.1, -0.05) is 0 Å². The Labute approximate surface area is 140 Å². The van der Waals surface area contributed by atoms with Crippen molar-refractivity contribution >= 4 is 11.0 Å². The molecule has 2 aromatic rings. The monoisotopic (exact) mass is 334 g/mol. The summed E-state index contributed by atoms with van der Waals surface area (Å²) in [6, 6.07) is 3.50. The van der Waals surface area contributed by atoms with E-state index in [1.807, 2.05) is 0 Å². The Kier molecular flexibility index (Phi) is 5.23. The highest BCUT2D eigenvalue weighted by Crippen LogP contribution is 2.25. The molecule has 3 heterocycles. The molecule has 1 fully saturated rings. The van der Waals surface area contributed by atoms with Crippen LogP contribution in [0.3, 0.4) is 0 Å². The van der Waals surface area contributed by atoms with Crippen LogP contribution >= 0.6 is 0 Å². The molecular weight excluding hydrogens is 311 g/mol. The minimum atomic E-state index is -0.350. The lowest BCUT2D eigenvalue weighted by atomic mass is 9.97. The van der Waals surface area contributed by atoms with Gasteiger partial charge >= 0.3 is 0 Å². The Bertz CT molecular complexity index is 700. The maximum absolute atomic E-state index is 14.3. The fourth-order valence-electron chi connectivity index (χ4n) is 3.39. The summed E-state index contributed by atoms with van der Waals surface area (Å²) in [5.41, 5.74) is 7.52. The van der Waals surface area contributed by atoms with Crippen molar-refractivity contribution in [2.45, 2.75) is 6.42 Å². The van der Waals surface area contributed by atoms with Gasteiger partial charge in [0.2, 0.25) is 5.88 Å². The highest BCUT2D eigenvalue weighted by molar-refractivity contribution is 5.78. The molecule has 2 aromatic heterocycles. The normalized spacial score (nSPS) is 21.5. The molecule has 1 aliphatic heterocycles. The molecule has 130 valence electrons. The number of pyridine rings is 2. The molecule has 1 saturated heterocycles. The average Bonchev–Trinajstić information content (AvgIpc) is 3.02. The SMILES string of the molecule is COc1ccc2ncc(F)c(CCN3C[C@@H](CN)[C@@H](CO)C3)c2n1. The number of aliphatic hydroxyl groups is 1. The second-order valence-corrected chi connectivity index (χ2v) is 6.25. The Morgan fingerprint density at radius 1 is 1.38 bits per heavy atom. The first-order valence-corrected chi connectivity index (χ1v) is 8.17. The number of aliphatic hydroxyl groups excluding tert-OH is 1. The smallest absolute Gasteiger partial charge is 0.213 e. The number of methoxy groups -OCH3 is 1. The lowest BCUT2D eigenvalue weighted by Crippen LogP contribution is -2.25. The summed E-state index contributed by atoms with van der Waals surface area (Å²) >= 11 is 0. The highest BCUT2D eigenvalue weighted by atomic mass is 19.1. The van der Waals surface area contributed by atoms with Crippen LogP contribution in [-0.2, 0) is 6.42 Å². The fourth-order valence-corrected chi connectivity index (χ4v) is 3.39. The van der Waals surface area contributed by atoms with E-state index >= 15 is 0 Å². The third-order valence-electron chi connectivity index (χ3n) is 4.82. The zero-order chi connectivity index (χ0) is 17.1. The first-order chi connectivity index (χ1) is 11.7. The van der Waals surface area contributed by atoms with Crippen molar-refractivity contribution < 1.29 is 14.2 Å². The number of likely N-dealkylation sites (tertiary alicyclic amines) is 1. The lowest BCUT2D eigenvalue weighted by Gasteiger charge is -2.16. The minimum absolute atomic E-state index is 0.143. The van der Waals surface area contributed by atoms with E-state index in [0.717, 1.165) is 13.1 Å². The van der Waals surface area contributed by atoms with Crippen molar-refractivity contribution in [1.29, 1.82) is 0 Å². The van der Waals surface area contributed by atoms with Crippen LogP contribution in [0.4, 0.5) is 4.39 Å². The molecule has 0 aromatic carbocycles. The predicted molar refractivity (Wildman–Crippen MR) is 89.3 cm³/mol. The van der Waals surface area contributed by atoms with Gasteiger partial charge in [0.25, 0.3) is 0 Å². The van der Waals surface area contributed by atoms with Crippen LogP contribution in [0.1, 0.15) is 5.56 Å². The van der Waals surface area contributed by atoms with E-state index in [-0.39, 0.29) is 18.3 Å². The minimum Gasteiger partial charge on any atom is -0.481 e. The van der Waals surface area contributed by atoms with Crippen LogP contribution in [0, 0.1) is 17.7 Å². The van der Waals surface area contributed by atoms with E-state index in [1.165, 1.54) is 13.3 Å². The molecule has 2 atom stereocenters. The molecule has 0 bridgehead atoms. The lowest BCUT2D eigenvalue weighted by molar-refractivity contribution is 0.202. The average molecular weight is 334 g/mol. The van der Waals surface area contributed by atoms with Crippen molar-refractivity contribution in [3.8, 4) is 5.88 Å². The van der Waals surface area contributed by atoms with E-state index in [0.29, 0.717) is 47.9 Å². The number of hydrogen-bond acceptors (Lipinski definition) is 6. The van der Waals surface area contributed by atoms with E-state index in [2.05, 4.69) is 14.9 Å². The summed E-state index contributed by atoms with van der Waals surface area (Å²) in [5.74, 6) is 0.594. The third kappa shape index (κ3) is 3.33. The standard InChI is InChI=1S/C17H23FN4O2/c1-24-16-3-2-15-17(21-16)13(14(18)7-20-15)4-5-22-8-11(6-19)12(9-22)10-23/h2-3,7,11-12,23H,4-6,8-10,19H2,1H3/t11-,12-/m1/s1. The van der Waals surface area contributed by atoms with Gasteiger partial charge in [0.1, 0.15) is 5.82 Å². The third-order valence-corrected chi connectivity index (χ3v) is 4.82. The molecular formula is C17H23FN4O2. The molecule has 0 saturated carbocycles. The zero-order valence-electron chi connectivity index (χ0n) is 13.8. The molecule has 0 spiro atoms. The Morgan fingerprint density at radius 2 is 2.17 bits per heavy atom. The number of nitrogens with two attached hydrogens (primary N) is 1. The van der Waals surface area contributed by atoms with E-state index in [1.54, 1.807) is 12.1 Å². The molecule has 0 radical (unpaired) electrons. The summed E-state index contributed by atoms with van der Waals surface area (Å²) in [6.07, 6.45) is 1.77. The van der Waals surface area contributed by atoms with Gasteiger partial charge in [0, 0.05) is 37.9 Å². The van der Waals surface area contributed by atoms with Crippen LogP contribution in [0.25, 0.3) is 11.0 Å². The summed E-state index contributed by atoms with van der Waals surface area (Å²) in [5, 5.41) is 9.44. The number of aromatic nitrogens is 2. The molecule has 24 heavy (non-hydrogen) atoms. The largest absolute Gasteiger partial charge is 0.481 e. The van der Waals surface area contributed by atoms with Crippen molar-refractivity contribution in [3.63, 3.8) is 0 Å². The van der Waals surface area contributed by atoms with Gasteiger partial charge in [-0.25, -0.2) is 9.37 Å². The van der Waals surface area contributed by atoms with Gasteiger partial charge < -0.3 is 20.5 Å². The van der Waals surface area contributed by atoms with Gasteiger partial charge in [-0.2, -0.15) is 0 Å². The first-order valence-electron chi connectivity index (χ1n) is 8.17. The summed E-state index contributed by atoms with van der Waals surface area (Å²) in [4.78, 5) is 10.7. The molecule has 0 unspecified atom stereocenters. The van der Waals surface area contributed by atoms with Crippen LogP contribution in [0.5, 0.6) is 5.88 Å². The molecule has 3 N–H and O–H groups in total. The Morgan fingerprint density at radius 3 is 2.83 bits per heavy atom. The summed E-state index contributed by atoms with van der Waals surface area (Å²) in [6.45, 7) is 3.03. The topological polar surface area (TPSA) is 84.5 Å². The van der Waals surface area contributed by atoms with Crippen LogP contribution in [0.15, 0.2) is 18.3 Å². The van der Waals surface area contributed by atoms with Crippen molar-refractivity contribution in [2.24, 2.45) is 17.6 Å². The summed E-state index contributed by atoms with van der Waals surface area (Å²) in [7, 11) is 1.53. The maximum Gasteiger partial charge on any atom is 0.213 e. The van der Waals surface area contributed by atoms with E-state index < -0.39 is 0 Å². The molecule has 3 rings (SSSR count). The fraction of sp³-hybridized carbons (Fsp3) is 0.529. The zero-order valence-corrected chi connectivity index (χ0v) is 13.8. The van der Waals surface area contributed by atoms with Crippen molar-refractivity contribution in [1.82, 2.24) is 14.9 Å². The molecule has 7 heteroatoms. The number of ether oxygens (including phenoxy) is 1. The Hall–Kier alpha value is -1.83. The van der Waals surface area contributed by atoms with Gasteiger partial charge in [0.15, 0.2) is 0 Å². The van der Waals surface area contributed by atoms with Crippen molar-refractivity contribution in [2.75, 3.05) is 39.9 Å². The highest BCUT2D eigenvalue weighted by Gasteiger charge is 2.31. The van der Waals surface area contributed by atoms with Gasteiger partial charge in [-0.3, -0.25) is 4.98 Å². The molecule has 0 amide bonds. The summed E-state index contributed by atoms with van der Waals surface area (Å²) < 4.78 is 19.4. The molecule has 1 aliphatic rings. The van der Waals surface area contributed by atoms with E-state index in [4.69, 9.17) is 10.5 Å².